The zero-order valence-corrected chi connectivity index (χ0v) is 15.0. The van der Waals surface area contributed by atoms with Gasteiger partial charge in [0, 0.05) is 18.2 Å². The monoisotopic (exact) mass is 327 g/mol. The van der Waals surface area contributed by atoms with E-state index in [0.717, 1.165) is 22.6 Å². The highest BCUT2D eigenvalue weighted by Crippen LogP contribution is 2.29. The maximum atomic E-state index is 12.8. The van der Waals surface area contributed by atoms with Gasteiger partial charge in [-0.15, -0.1) is 0 Å². The molecule has 128 valence electrons. The molecule has 0 radical (unpaired) electrons. The number of benzene rings is 2. The normalized spacial score (nSPS) is 11.7. The average molecular weight is 327 g/mol. The molecule has 0 aliphatic heterocycles. The molecule has 0 saturated carbocycles. The van der Waals surface area contributed by atoms with E-state index >= 15 is 0 Å². The van der Waals surface area contributed by atoms with Gasteiger partial charge in [0.15, 0.2) is 0 Å². The van der Waals surface area contributed by atoms with Crippen LogP contribution in [0.2, 0.25) is 0 Å². The molecular formula is C20H25NO3. The molecule has 2 aromatic carbocycles. The summed E-state index contributed by atoms with van der Waals surface area (Å²) in [7, 11) is 3.45. The number of para-hydroxylation sites is 1. The molecule has 0 fully saturated rings. The van der Waals surface area contributed by atoms with E-state index in [0.29, 0.717) is 12.2 Å². The van der Waals surface area contributed by atoms with Crippen molar-refractivity contribution in [2.24, 2.45) is 0 Å². The average Bonchev–Trinajstić information content (AvgIpc) is 2.61. The molecule has 1 amide bonds. The van der Waals surface area contributed by atoms with Gasteiger partial charge in [-0.25, -0.2) is 0 Å². The smallest absolute Gasteiger partial charge is 0.254 e. The standard InChI is InChI=1S/C20H25NO3/c1-6-24-18-12-11-16(13-14(18)2)20(22)21(4)15(3)17-9-7-8-10-19(17)23-5/h7-13,15H,6H2,1-5H3. The summed E-state index contributed by atoms with van der Waals surface area (Å²) in [6, 6.07) is 13.2. The third-order valence-corrected chi connectivity index (χ3v) is 4.21. The number of aryl methyl sites for hydroxylation is 1. The minimum atomic E-state index is -0.0967. The lowest BCUT2D eigenvalue weighted by Gasteiger charge is -2.27. The molecule has 0 bridgehead atoms. The van der Waals surface area contributed by atoms with Crippen molar-refractivity contribution in [1.82, 2.24) is 4.90 Å². The van der Waals surface area contributed by atoms with Crippen molar-refractivity contribution < 1.29 is 14.3 Å². The summed E-state index contributed by atoms with van der Waals surface area (Å²) in [5.41, 5.74) is 2.60. The summed E-state index contributed by atoms with van der Waals surface area (Å²) in [6.45, 7) is 6.50. The van der Waals surface area contributed by atoms with Gasteiger partial charge in [-0.1, -0.05) is 18.2 Å². The predicted molar refractivity (Wildman–Crippen MR) is 95.9 cm³/mol. The van der Waals surface area contributed by atoms with Crippen LogP contribution in [0, 0.1) is 6.92 Å². The van der Waals surface area contributed by atoms with Crippen molar-refractivity contribution in [3.8, 4) is 11.5 Å². The van der Waals surface area contributed by atoms with Crippen LogP contribution < -0.4 is 9.47 Å². The fourth-order valence-corrected chi connectivity index (χ4v) is 2.70. The van der Waals surface area contributed by atoms with Gasteiger partial charge in [-0.05, 0) is 50.6 Å². The Balaban J connectivity index is 2.24. The molecule has 4 nitrogen and oxygen atoms in total. The molecular weight excluding hydrogens is 302 g/mol. The van der Waals surface area contributed by atoms with Crippen molar-refractivity contribution in [2.75, 3.05) is 20.8 Å². The number of amides is 1. The third-order valence-electron chi connectivity index (χ3n) is 4.21. The lowest BCUT2D eigenvalue weighted by atomic mass is 10.0. The summed E-state index contributed by atoms with van der Waals surface area (Å²) in [5, 5.41) is 0. The molecule has 0 aromatic heterocycles. The molecule has 0 aliphatic carbocycles. The Hall–Kier alpha value is -2.49. The van der Waals surface area contributed by atoms with E-state index in [1.807, 2.05) is 70.3 Å². The Bertz CT molecular complexity index is 712. The first kappa shape index (κ1) is 17.9. The number of methoxy groups -OCH3 is 1. The minimum Gasteiger partial charge on any atom is -0.496 e. The molecule has 1 unspecified atom stereocenters. The van der Waals surface area contributed by atoms with Gasteiger partial charge in [-0.2, -0.15) is 0 Å². The van der Waals surface area contributed by atoms with Gasteiger partial charge in [-0.3, -0.25) is 4.79 Å². The topological polar surface area (TPSA) is 38.8 Å². The van der Waals surface area contributed by atoms with E-state index in [9.17, 15) is 4.79 Å². The molecule has 0 aliphatic rings. The van der Waals surface area contributed by atoms with E-state index in [1.54, 1.807) is 12.0 Å². The van der Waals surface area contributed by atoms with E-state index in [2.05, 4.69) is 0 Å². The highest BCUT2D eigenvalue weighted by atomic mass is 16.5. The zero-order valence-electron chi connectivity index (χ0n) is 15.0. The highest BCUT2D eigenvalue weighted by molar-refractivity contribution is 5.94. The number of rotatable bonds is 6. The molecule has 0 saturated heterocycles. The van der Waals surface area contributed by atoms with Crippen LogP contribution in [-0.4, -0.2) is 31.6 Å². The van der Waals surface area contributed by atoms with Crippen LogP contribution >= 0.6 is 0 Å². The number of carbonyl (C=O) groups excluding carboxylic acids is 1. The Kier molecular flexibility index (Phi) is 5.85. The Morgan fingerprint density at radius 2 is 1.88 bits per heavy atom. The molecule has 0 heterocycles. The molecule has 2 rings (SSSR count). The van der Waals surface area contributed by atoms with Gasteiger partial charge < -0.3 is 14.4 Å². The lowest BCUT2D eigenvalue weighted by Crippen LogP contribution is -2.30. The van der Waals surface area contributed by atoms with Crippen molar-refractivity contribution in [3.63, 3.8) is 0 Å². The number of hydrogen-bond donors (Lipinski definition) is 0. The Morgan fingerprint density at radius 3 is 2.50 bits per heavy atom. The summed E-state index contributed by atoms with van der Waals surface area (Å²) in [5.74, 6) is 1.57. The van der Waals surface area contributed by atoms with Crippen LogP contribution in [0.15, 0.2) is 42.5 Å². The Morgan fingerprint density at radius 1 is 1.17 bits per heavy atom. The maximum absolute atomic E-state index is 12.8. The van der Waals surface area contributed by atoms with Crippen LogP contribution in [0.3, 0.4) is 0 Å². The fraction of sp³-hybridized carbons (Fsp3) is 0.350. The van der Waals surface area contributed by atoms with Gasteiger partial charge in [0.05, 0.1) is 19.8 Å². The minimum absolute atomic E-state index is 0.0282. The summed E-state index contributed by atoms with van der Waals surface area (Å²) >= 11 is 0. The molecule has 1 atom stereocenters. The van der Waals surface area contributed by atoms with E-state index in [1.165, 1.54) is 0 Å². The molecule has 2 aromatic rings. The van der Waals surface area contributed by atoms with Crippen molar-refractivity contribution in [1.29, 1.82) is 0 Å². The third kappa shape index (κ3) is 3.70. The van der Waals surface area contributed by atoms with Gasteiger partial charge >= 0.3 is 0 Å². The van der Waals surface area contributed by atoms with E-state index in [4.69, 9.17) is 9.47 Å². The second-order valence-corrected chi connectivity index (χ2v) is 5.75. The largest absolute Gasteiger partial charge is 0.496 e. The molecule has 0 N–H and O–H groups in total. The summed E-state index contributed by atoms with van der Waals surface area (Å²) < 4.78 is 10.9. The van der Waals surface area contributed by atoms with E-state index < -0.39 is 0 Å². The first-order chi connectivity index (χ1) is 11.5. The van der Waals surface area contributed by atoms with Gasteiger partial charge in [0.2, 0.25) is 0 Å². The van der Waals surface area contributed by atoms with E-state index in [-0.39, 0.29) is 11.9 Å². The quantitative estimate of drug-likeness (QED) is 0.797. The van der Waals surface area contributed by atoms with Crippen LogP contribution in [0.4, 0.5) is 0 Å². The maximum Gasteiger partial charge on any atom is 0.254 e. The molecule has 4 heteroatoms. The number of nitrogens with zero attached hydrogens (tertiary/aromatic N) is 1. The SMILES string of the molecule is CCOc1ccc(C(=O)N(C)C(C)c2ccccc2OC)cc1C. The highest BCUT2D eigenvalue weighted by Gasteiger charge is 2.21. The van der Waals surface area contributed by atoms with Crippen molar-refractivity contribution >= 4 is 5.91 Å². The lowest BCUT2D eigenvalue weighted by molar-refractivity contribution is 0.0741. The summed E-state index contributed by atoms with van der Waals surface area (Å²) in [6.07, 6.45) is 0. The second-order valence-electron chi connectivity index (χ2n) is 5.75. The first-order valence-corrected chi connectivity index (χ1v) is 8.13. The zero-order chi connectivity index (χ0) is 17.7. The second kappa shape index (κ2) is 7.86. The van der Waals surface area contributed by atoms with Gasteiger partial charge in [0.25, 0.3) is 5.91 Å². The van der Waals surface area contributed by atoms with Crippen LogP contribution in [0.1, 0.15) is 41.4 Å². The number of carbonyl (C=O) groups is 1. The van der Waals surface area contributed by atoms with Crippen LogP contribution in [0.5, 0.6) is 11.5 Å². The molecule has 0 spiro atoms. The van der Waals surface area contributed by atoms with Crippen LogP contribution in [-0.2, 0) is 0 Å². The van der Waals surface area contributed by atoms with Gasteiger partial charge in [0.1, 0.15) is 11.5 Å². The fourth-order valence-electron chi connectivity index (χ4n) is 2.70. The number of ether oxygens (including phenoxy) is 2. The van der Waals surface area contributed by atoms with Crippen molar-refractivity contribution in [3.05, 3.63) is 59.2 Å². The van der Waals surface area contributed by atoms with Crippen molar-refractivity contribution in [2.45, 2.75) is 26.8 Å². The predicted octanol–water partition coefficient (Wildman–Crippen LogP) is 4.24. The number of hydrogen-bond acceptors (Lipinski definition) is 3. The van der Waals surface area contributed by atoms with Crippen LogP contribution in [0.25, 0.3) is 0 Å². The first-order valence-electron chi connectivity index (χ1n) is 8.13. The molecule has 24 heavy (non-hydrogen) atoms. The summed E-state index contributed by atoms with van der Waals surface area (Å²) in [4.78, 5) is 14.6. The Labute approximate surface area is 144 Å².